The number of rotatable bonds is 7. The van der Waals surface area contributed by atoms with E-state index in [1.54, 1.807) is 11.8 Å². The van der Waals surface area contributed by atoms with E-state index in [1.165, 1.54) is 5.56 Å². The van der Waals surface area contributed by atoms with E-state index >= 15 is 0 Å². The molecule has 0 aliphatic carbocycles. The van der Waals surface area contributed by atoms with Crippen molar-refractivity contribution in [3.05, 3.63) is 29.8 Å². The van der Waals surface area contributed by atoms with Crippen molar-refractivity contribution in [1.29, 1.82) is 0 Å². The van der Waals surface area contributed by atoms with Gasteiger partial charge in [0.15, 0.2) is 0 Å². The van der Waals surface area contributed by atoms with Gasteiger partial charge in [0.1, 0.15) is 0 Å². The Bertz CT molecular complexity index is 390. The normalized spacial score (nSPS) is 12.5. The van der Waals surface area contributed by atoms with E-state index < -0.39 is 0 Å². The fraction of sp³-hybridized carbons (Fsp3) is 0.533. The zero-order valence-corrected chi connectivity index (χ0v) is 13.1. The maximum absolute atomic E-state index is 11.9. The number of carbonyl (C=O) groups is 1. The number of aryl methyl sites for hydroxylation is 1. The molecule has 0 aliphatic heterocycles. The first-order valence-corrected chi connectivity index (χ1v) is 7.53. The summed E-state index contributed by atoms with van der Waals surface area (Å²) in [5.41, 5.74) is 1.24. The third-order valence-electron chi connectivity index (χ3n) is 2.78. The minimum absolute atomic E-state index is 0.0536. The van der Waals surface area contributed by atoms with Crippen LogP contribution >= 0.6 is 11.8 Å². The lowest BCUT2D eigenvalue weighted by Crippen LogP contribution is -2.32. The maximum atomic E-state index is 11.9. The van der Waals surface area contributed by atoms with Crippen molar-refractivity contribution in [2.75, 3.05) is 27.2 Å². The summed E-state index contributed by atoms with van der Waals surface area (Å²) in [6, 6.07) is 8.28. The largest absolute Gasteiger partial charge is 0.355 e. The molecule has 19 heavy (non-hydrogen) atoms. The van der Waals surface area contributed by atoms with Crippen LogP contribution in [-0.2, 0) is 4.79 Å². The fourth-order valence-electron chi connectivity index (χ4n) is 1.63. The van der Waals surface area contributed by atoms with Gasteiger partial charge in [0.25, 0.3) is 0 Å². The van der Waals surface area contributed by atoms with Crippen LogP contribution in [0.2, 0.25) is 0 Å². The Labute approximate surface area is 120 Å². The summed E-state index contributed by atoms with van der Waals surface area (Å²) in [5.74, 6) is 0.115. The Kier molecular flexibility index (Phi) is 6.95. The minimum atomic E-state index is -0.0536. The standard InChI is InChI=1S/C15H24N2OS/c1-12-6-8-14(9-7-12)19-13(2)15(18)16-10-5-11-17(3)4/h6-9,13H,5,10-11H2,1-4H3,(H,16,18)/t13-/m0/s1. The summed E-state index contributed by atoms with van der Waals surface area (Å²) in [5, 5.41) is 2.93. The molecule has 0 radical (unpaired) electrons. The van der Waals surface area contributed by atoms with Gasteiger partial charge in [0, 0.05) is 11.4 Å². The van der Waals surface area contributed by atoms with Crippen molar-refractivity contribution >= 4 is 17.7 Å². The van der Waals surface area contributed by atoms with Gasteiger partial charge in [-0.15, -0.1) is 11.8 Å². The quantitative estimate of drug-likeness (QED) is 0.615. The van der Waals surface area contributed by atoms with Gasteiger partial charge < -0.3 is 10.2 Å². The summed E-state index contributed by atoms with van der Waals surface area (Å²) in [4.78, 5) is 15.2. The predicted octanol–water partition coefficient (Wildman–Crippen LogP) is 2.54. The van der Waals surface area contributed by atoms with Crippen molar-refractivity contribution in [3.63, 3.8) is 0 Å². The molecule has 0 spiro atoms. The number of hydrogen-bond acceptors (Lipinski definition) is 3. The molecule has 1 rings (SSSR count). The van der Waals surface area contributed by atoms with E-state index in [2.05, 4.69) is 41.4 Å². The average Bonchev–Trinajstić information content (AvgIpc) is 2.36. The molecule has 0 heterocycles. The molecule has 0 unspecified atom stereocenters. The van der Waals surface area contributed by atoms with E-state index in [0.717, 1.165) is 24.4 Å². The summed E-state index contributed by atoms with van der Waals surface area (Å²) in [7, 11) is 4.08. The third-order valence-corrected chi connectivity index (χ3v) is 3.90. The van der Waals surface area contributed by atoms with Crippen molar-refractivity contribution in [2.45, 2.75) is 30.4 Å². The Morgan fingerprint density at radius 2 is 1.95 bits per heavy atom. The molecule has 0 saturated heterocycles. The first kappa shape index (κ1) is 16.1. The van der Waals surface area contributed by atoms with Gasteiger partial charge in [-0.05, 0) is 53.0 Å². The highest BCUT2D eigenvalue weighted by atomic mass is 32.2. The first-order valence-electron chi connectivity index (χ1n) is 6.65. The van der Waals surface area contributed by atoms with Crippen LogP contribution < -0.4 is 5.32 Å². The van der Waals surface area contributed by atoms with Gasteiger partial charge >= 0.3 is 0 Å². The molecule has 1 amide bonds. The molecule has 1 atom stereocenters. The molecule has 3 nitrogen and oxygen atoms in total. The molecule has 0 aromatic heterocycles. The molecule has 1 aromatic rings. The van der Waals surface area contributed by atoms with Crippen LogP contribution in [0.4, 0.5) is 0 Å². The van der Waals surface area contributed by atoms with Gasteiger partial charge in [0.2, 0.25) is 5.91 Å². The van der Waals surface area contributed by atoms with Gasteiger partial charge in [-0.2, -0.15) is 0 Å². The van der Waals surface area contributed by atoms with Crippen LogP contribution in [0, 0.1) is 6.92 Å². The number of nitrogens with zero attached hydrogens (tertiary/aromatic N) is 1. The lowest BCUT2D eigenvalue weighted by Gasteiger charge is -2.13. The summed E-state index contributed by atoms with van der Waals surface area (Å²) < 4.78 is 0. The van der Waals surface area contributed by atoms with Crippen LogP contribution in [0.15, 0.2) is 29.2 Å². The topological polar surface area (TPSA) is 32.3 Å². The van der Waals surface area contributed by atoms with E-state index in [0.29, 0.717) is 0 Å². The molecular weight excluding hydrogens is 256 g/mol. The third kappa shape index (κ3) is 6.64. The van der Waals surface area contributed by atoms with Gasteiger partial charge in [-0.1, -0.05) is 17.7 Å². The van der Waals surface area contributed by atoms with E-state index in [4.69, 9.17) is 0 Å². The predicted molar refractivity (Wildman–Crippen MR) is 82.7 cm³/mol. The Morgan fingerprint density at radius 3 is 2.53 bits per heavy atom. The summed E-state index contributed by atoms with van der Waals surface area (Å²) in [6.45, 7) is 5.76. The van der Waals surface area contributed by atoms with Crippen LogP contribution in [0.25, 0.3) is 0 Å². The number of nitrogens with one attached hydrogen (secondary N) is 1. The van der Waals surface area contributed by atoms with Gasteiger partial charge in [-0.25, -0.2) is 0 Å². The second-order valence-electron chi connectivity index (χ2n) is 5.02. The highest BCUT2D eigenvalue weighted by Crippen LogP contribution is 2.23. The zero-order chi connectivity index (χ0) is 14.3. The monoisotopic (exact) mass is 280 g/mol. The molecule has 1 N–H and O–H groups in total. The summed E-state index contributed by atoms with van der Waals surface area (Å²) >= 11 is 1.60. The Morgan fingerprint density at radius 1 is 1.32 bits per heavy atom. The molecular formula is C15H24N2OS. The van der Waals surface area contributed by atoms with Crippen LogP contribution in [-0.4, -0.2) is 43.2 Å². The number of amides is 1. The van der Waals surface area contributed by atoms with Crippen molar-refractivity contribution in [1.82, 2.24) is 10.2 Å². The van der Waals surface area contributed by atoms with E-state index in [-0.39, 0.29) is 11.2 Å². The number of thioether (sulfide) groups is 1. The SMILES string of the molecule is Cc1ccc(S[C@@H](C)C(=O)NCCCN(C)C)cc1. The number of benzene rings is 1. The molecule has 0 aliphatic rings. The van der Waals surface area contributed by atoms with E-state index in [9.17, 15) is 4.79 Å². The Balaban J connectivity index is 2.30. The maximum Gasteiger partial charge on any atom is 0.233 e. The lowest BCUT2D eigenvalue weighted by molar-refractivity contribution is -0.120. The number of carbonyl (C=O) groups excluding carboxylic acids is 1. The van der Waals surface area contributed by atoms with E-state index in [1.807, 2.05) is 21.0 Å². The van der Waals surface area contributed by atoms with Crippen LogP contribution in [0.1, 0.15) is 18.9 Å². The smallest absolute Gasteiger partial charge is 0.233 e. The van der Waals surface area contributed by atoms with Crippen molar-refractivity contribution in [3.8, 4) is 0 Å². The second kappa shape index (κ2) is 8.23. The van der Waals surface area contributed by atoms with Gasteiger partial charge in [-0.3, -0.25) is 4.79 Å². The minimum Gasteiger partial charge on any atom is -0.355 e. The molecule has 106 valence electrons. The zero-order valence-electron chi connectivity index (χ0n) is 12.3. The first-order chi connectivity index (χ1) is 8.99. The van der Waals surface area contributed by atoms with Crippen LogP contribution in [0.5, 0.6) is 0 Å². The summed E-state index contributed by atoms with van der Waals surface area (Å²) in [6.07, 6.45) is 0.987. The molecule has 0 saturated carbocycles. The Hall–Kier alpha value is -1.00. The highest BCUT2D eigenvalue weighted by molar-refractivity contribution is 8.00. The molecule has 4 heteroatoms. The van der Waals surface area contributed by atoms with Crippen molar-refractivity contribution < 1.29 is 4.79 Å². The number of hydrogen-bond donors (Lipinski definition) is 1. The molecule has 0 bridgehead atoms. The average molecular weight is 280 g/mol. The highest BCUT2D eigenvalue weighted by Gasteiger charge is 2.13. The fourth-order valence-corrected chi connectivity index (χ4v) is 2.52. The lowest BCUT2D eigenvalue weighted by atomic mass is 10.2. The van der Waals surface area contributed by atoms with Gasteiger partial charge in [0.05, 0.1) is 5.25 Å². The second-order valence-corrected chi connectivity index (χ2v) is 6.44. The van der Waals surface area contributed by atoms with Crippen LogP contribution in [0.3, 0.4) is 0 Å². The molecule has 0 fully saturated rings. The van der Waals surface area contributed by atoms with Crippen molar-refractivity contribution in [2.24, 2.45) is 0 Å². The molecule has 1 aromatic carbocycles.